The minimum atomic E-state index is -0.239. The molecule has 1 heterocycles. The normalized spacial score (nSPS) is 14.4. The molecule has 1 fully saturated rings. The van der Waals surface area contributed by atoms with E-state index in [0.29, 0.717) is 37.1 Å². The number of carbonyl (C=O) groups is 3. The highest BCUT2D eigenvalue weighted by atomic mass is 16.2. The van der Waals surface area contributed by atoms with Gasteiger partial charge in [0.15, 0.2) is 0 Å². The lowest BCUT2D eigenvalue weighted by Crippen LogP contribution is -2.49. The van der Waals surface area contributed by atoms with Gasteiger partial charge in [0.2, 0.25) is 5.91 Å². The van der Waals surface area contributed by atoms with Crippen molar-refractivity contribution in [2.45, 2.75) is 25.8 Å². The molecule has 0 radical (unpaired) electrons. The lowest BCUT2D eigenvalue weighted by atomic mass is 10.0. The standard InChI is InChI=1S/C22H25N3O3/c1-16-7-5-6-10-19(16)22(28)23-15-20(26)25-13-11-18(12-14-25)24-21(27)17-8-3-2-4-9-17/h2-10,18H,11-15H2,1H3,(H,23,28)(H,24,27). The summed E-state index contributed by atoms with van der Waals surface area (Å²) in [4.78, 5) is 38.6. The minimum absolute atomic E-state index is 0.0196. The summed E-state index contributed by atoms with van der Waals surface area (Å²) >= 11 is 0. The number of hydrogen-bond acceptors (Lipinski definition) is 3. The van der Waals surface area contributed by atoms with Gasteiger partial charge in [-0.25, -0.2) is 0 Å². The van der Waals surface area contributed by atoms with E-state index in [2.05, 4.69) is 10.6 Å². The van der Waals surface area contributed by atoms with Gasteiger partial charge in [-0.05, 0) is 43.5 Å². The summed E-state index contributed by atoms with van der Waals surface area (Å²) < 4.78 is 0. The molecule has 0 bridgehead atoms. The van der Waals surface area contributed by atoms with Crippen molar-refractivity contribution in [3.63, 3.8) is 0 Å². The van der Waals surface area contributed by atoms with Gasteiger partial charge < -0.3 is 15.5 Å². The summed E-state index contributed by atoms with van der Waals surface area (Å²) in [5, 5.41) is 5.73. The number of hydrogen-bond donors (Lipinski definition) is 2. The maximum atomic E-state index is 12.4. The Kier molecular flexibility index (Phi) is 6.42. The van der Waals surface area contributed by atoms with Crippen LogP contribution in [0, 0.1) is 6.92 Å². The van der Waals surface area contributed by atoms with Gasteiger partial charge in [0.1, 0.15) is 0 Å². The van der Waals surface area contributed by atoms with E-state index < -0.39 is 0 Å². The maximum Gasteiger partial charge on any atom is 0.251 e. The van der Waals surface area contributed by atoms with Crippen molar-refractivity contribution in [3.05, 3.63) is 71.3 Å². The van der Waals surface area contributed by atoms with Gasteiger partial charge >= 0.3 is 0 Å². The summed E-state index contributed by atoms with van der Waals surface area (Å²) in [6, 6.07) is 16.5. The van der Waals surface area contributed by atoms with Crippen molar-refractivity contribution in [2.75, 3.05) is 19.6 Å². The minimum Gasteiger partial charge on any atom is -0.349 e. The highest BCUT2D eigenvalue weighted by Crippen LogP contribution is 2.12. The van der Waals surface area contributed by atoms with Gasteiger partial charge in [-0.1, -0.05) is 36.4 Å². The topological polar surface area (TPSA) is 78.5 Å². The highest BCUT2D eigenvalue weighted by molar-refractivity contribution is 5.97. The lowest BCUT2D eigenvalue weighted by Gasteiger charge is -2.32. The van der Waals surface area contributed by atoms with Crippen molar-refractivity contribution < 1.29 is 14.4 Å². The van der Waals surface area contributed by atoms with E-state index in [-0.39, 0.29) is 30.3 Å². The number of nitrogens with zero attached hydrogens (tertiary/aromatic N) is 1. The van der Waals surface area contributed by atoms with Crippen molar-refractivity contribution >= 4 is 17.7 Å². The molecule has 2 aromatic rings. The van der Waals surface area contributed by atoms with Crippen molar-refractivity contribution in [2.24, 2.45) is 0 Å². The first-order valence-corrected chi connectivity index (χ1v) is 9.52. The third-order valence-corrected chi connectivity index (χ3v) is 5.01. The van der Waals surface area contributed by atoms with Crippen molar-refractivity contribution in [1.82, 2.24) is 15.5 Å². The van der Waals surface area contributed by atoms with E-state index in [0.717, 1.165) is 5.56 Å². The fourth-order valence-corrected chi connectivity index (χ4v) is 3.32. The molecule has 0 spiro atoms. The molecule has 0 saturated carbocycles. The summed E-state index contributed by atoms with van der Waals surface area (Å²) in [7, 11) is 0. The molecule has 0 aliphatic carbocycles. The zero-order valence-corrected chi connectivity index (χ0v) is 16.0. The Bertz CT molecular complexity index is 843. The molecule has 3 amide bonds. The van der Waals surface area contributed by atoms with E-state index in [1.54, 1.807) is 29.2 Å². The molecule has 0 unspecified atom stereocenters. The maximum absolute atomic E-state index is 12.4. The molecule has 1 aliphatic heterocycles. The first-order valence-electron chi connectivity index (χ1n) is 9.52. The first-order chi connectivity index (χ1) is 13.5. The number of rotatable bonds is 5. The molecule has 2 N–H and O–H groups in total. The molecule has 3 rings (SSSR count). The molecule has 28 heavy (non-hydrogen) atoms. The Hall–Kier alpha value is -3.15. The van der Waals surface area contributed by atoms with Crippen LogP contribution in [0.25, 0.3) is 0 Å². The van der Waals surface area contributed by atoms with Gasteiger partial charge in [-0.15, -0.1) is 0 Å². The Balaban J connectivity index is 1.43. The van der Waals surface area contributed by atoms with Crippen LogP contribution in [-0.4, -0.2) is 48.3 Å². The fraction of sp³-hybridized carbons (Fsp3) is 0.318. The lowest BCUT2D eigenvalue weighted by molar-refractivity contribution is -0.131. The summed E-state index contributed by atoms with van der Waals surface area (Å²) in [6.07, 6.45) is 1.41. The summed E-state index contributed by atoms with van der Waals surface area (Å²) in [5.74, 6) is -0.429. The van der Waals surface area contributed by atoms with Crippen LogP contribution in [0.15, 0.2) is 54.6 Å². The van der Waals surface area contributed by atoms with Crippen LogP contribution in [-0.2, 0) is 4.79 Å². The quantitative estimate of drug-likeness (QED) is 0.836. The van der Waals surface area contributed by atoms with E-state index in [1.807, 2.05) is 37.3 Å². The monoisotopic (exact) mass is 379 g/mol. The van der Waals surface area contributed by atoms with E-state index in [4.69, 9.17) is 0 Å². The number of amides is 3. The second kappa shape index (κ2) is 9.17. The zero-order valence-electron chi connectivity index (χ0n) is 16.0. The average Bonchev–Trinajstić information content (AvgIpc) is 2.73. The van der Waals surface area contributed by atoms with Crippen LogP contribution in [0.3, 0.4) is 0 Å². The van der Waals surface area contributed by atoms with Crippen molar-refractivity contribution in [3.8, 4) is 0 Å². The number of piperidine rings is 1. The Morgan fingerprint density at radius 1 is 0.929 bits per heavy atom. The number of nitrogens with one attached hydrogen (secondary N) is 2. The molecular weight excluding hydrogens is 354 g/mol. The Morgan fingerprint density at radius 3 is 2.25 bits per heavy atom. The van der Waals surface area contributed by atoms with Gasteiger partial charge in [-0.3, -0.25) is 14.4 Å². The highest BCUT2D eigenvalue weighted by Gasteiger charge is 2.24. The number of carbonyl (C=O) groups excluding carboxylic acids is 3. The van der Waals surface area contributed by atoms with Crippen LogP contribution in [0.2, 0.25) is 0 Å². The number of aryl methyl sites for hydroxylation is 1. The predicted molar refractivity (Wildman–Crippen MR) is 107 cm³/mol. The molecular formula is C22H25N3O3. The molecule has 2 aromatic carbocycles. The Labute approximate surface area is 164 Å². The molecule has 1 aliphatic rings. The van der Waals surface area contributed by atoms with Crippen LogP contribution in [0.4, 0.5) is 0 Å². The van der Waals surface area contributed by atoms with E-state index in [9.17, 15) is 14.4 Å². The molecule has 146 valence electrons. The average molecular weight is 379 g/mol. The molecule has 6 heteroatoms. The van der Waals surface area contributed by atoms with Crippen LogP contribution in [0.1, 0.15) is 39.1 Å². The predicted octanol–water partition coefficient (Wildman–Crippen LogP) is 2.15. The van der Waals surface area contributed by atoms with Crippen LogP contribution in [0.5, 0.6) is 0 Å². The fourth-order valence-electron chi connectivity index (χ4n) is 3.32. The Morgan fingerprint density at radius 2 is 1.57 bits per heavy atom. The third-order valence-electron chi connectivity index (χ3n) is 5.01. The van der Waals surface area contributed by atoms with Gasteiger partial charge in [0.05, 0.1) is 6.54 Å². The first kappa shape index (κ1) is 19.6. The zero-order chi connectivity index (χ0) is 19.9. The molecule has 1 saturated heterocycles. The van der Waals surface area contributed by atoms with Crippen molar-refractivity contribution in [1.29, 1.82) is 0 Å². The molecule has 0 aromatic heterocycles. The SMILES string of the molecule is Cc1ccccc1C(=O)NCC(=O)N1CCC(NC(=O)c2ccccc2)CC1. The molecule has 6 nitrogen and oxygen atoms in total. The van der Waals surface area contributed by atoms with Crippen LogP contribution < -0.4 is 10.6 Å². The van der Waals surface area contributed by atoms with Gasteiger partial charge in [-0.2, -0.15) is 0 Å². The summed E-state index contributed by atoms with van der Waals surface area (Å²) in [6.45, 7) is 2.98. The van der Waals surface area contributed by atoms with Gasteiger partial charge in [0.25, 0.3) is 11.8 Å². The third kappa shape index (κ3) is 4.97. The second-order valence-corrected chi connectivity index (χ2v) is 6.99. The van der Waals surface area contributed by atoms with Crippen LogP contribution >= 0.6 is 0 Å². The second-order valence-electron chi connectivity index (χ2n) is 6.99. The van der Waals surface area contributed by atoms with Gasteiger partial charge in [0, 0.05) is 30.3 Å². The van der Waals surface area contributed by atoms with E-state index >= 15 is 0 Å². The molecule has 0 atom stereocenters. The summed E-state index contributed by atoms with van der Waals surface area (Å²) in [5.41, 5.74) is 2.10. The largest absolute Gasteiger partial charge is 0.349 e. The number of likely N-dealkylation sites (tertiary alicyclic amines) is 1. The smallest absolute Gasteiger partial charge is 0.251 e. The number of benzene rings is 2. The van der Waals surface area contributed by atoms with E-state index in [1.165, 1.54) is 0 Å².